The maximum atomic E-state index is 12.7. The van der Waals surface area contributed by atoms with Crippen molar-refractivity contribution in [2.24, 2.45) is 0 Å². The monoisotopic (exact) mass is 330 g/mol. The van der Waals surface area contributed by atoms with Crippen molar-refractivity contribution in [3.05, 3.63) is 40.2 Å². The van der Waals surface area contributed by atoms with Gasteiger partial charge in [-0.15, -0.1) is 0 Å². The number of ether oxygens (including phenoxy) is 1. The summed E-state index contributed by atoms with van der Waals surface area (Å²) in [4.78, 5) is 19.3. The summed E-state index contributed by atoms with van der Waals surface area (Å²) in [6.07, 6.45) is 2.13. The molecule has 3 heterocycles. The lowest BCUT2D eigenvalue weighted by atomic mass is 10.1. The van der Waals surface area contributed by atoms with Gasteiger partial charge in [-0.3, -0.25) is 9.78 Å². The van der Waals surface area contributed by atoms with Gasteiger partial charge in [0.25, 0.3) is 5.91 Å². The molecular formula is C18H22N2O2S. The van der Waals surface area contributed by atoms with Gasteiger partial charge < -0.3 is 9.64 Å². The van der Waals surface area contributed by atoms with E-state index in [-0.39, 0.29) is 5.91 Å². The van der Waals surface area contributed by atoms with Crippen LogP contribution in [0, 0.1) is 6.92 Å². The number of rotatable bonds is 4. The van der Waals surface area contributed by atoms with E-state index in [9.17, 15) is 4.79 Å². The molecule has 0 saturated carbocycles. The fourth-order valence-corrected chi connectivity index (χ4v) is 3.64. The molecule has 0 radical (unpaired) electrons. The van der Waals surface area contributed by atoms with E-state index in [0.717, 1.165) is 49.5 Å². The van der Waals surface area contributed by atoms with E-state index in [2.05, 4.69) is 10.4 Å². The molecule has 2 aromatic heterocycles. The topological polar surface area (TPSA) is 42.4 Å². The molecule has 23 heavy (non-hydrogen) atoms. The van der Waals surface area contributed by atoms with Gasteiger partial charge in [0.2, 0.25) is 0 Å². The molecule has 1 saturated heterocycles. The summed E-state index contributed by atoms with van der Waals surface area (Å²) in [7, 11) is 0. The molecule has 0 aromatic carbocycles. The van der Waals surface area contributed by atoms with Crippen LogP contribution in [-0.4, -0.2) is 41.6 Å². The van der Waals surface area contributed by atoms with E-state index in [1.54, 1.807) is 11.3 Å². The Balaban J connectivity index is 1.71. The maximum Gasteiger partial charge on any atom is 0.255 e. The Morgan fingerprint density at radius 2 is 2.13 bits per heavy atom. The normalized spacial score (nSPS) is 15.8. The minimum atomic E-state index is 0.0850. The molecule has 0 unspecified atom stereocenters. The van der Waals surface area contributed by atoms with E-state index in [1.807, 2.05) is 42.3 Å². The molecule has 0 aliphatic carbocycles. The number of nitrogens with zero attached hydrogens (tertiary/aromatic N) is 2. The lowest BCUT2D eigenvalue weighted by Crippen LogP contribution is -2.41. The van der Waals surface area contributed by atoms with Crippen molar-refractivity contribution < 1.29 is 9.53 Å². The number of thiophene rings is 1. The number of piperidine rings is 1. The summed E-state index contributed by atoms with van der Waals surface area (Å²) >= 11 is 1.65. The molecule has 1 aliphatic rings. The van der Waals surface area contributed by atoms with Crippen LogP contribution in [-0.2, 0) is 4.74 Å². The first-order chi connectivity index (χ1) is 11.2. The highest BCUT2D eigenvalue weighted by Gasteiger charge is 2.25. The molecular weight excluding hydrogens is 308 g/mol. The maximum absolute atomic E-state index is 12.7. The van der Waals surface area contributed by atoms with Gasteiger partial charge in [0, 0.05) is 30.6 Å². The van der Waals surface area contributed by atoms with Crippen LogP contribution in [0.2, 0.25) is 0 Å². The van der Waals surface area contributed by atoms with Crippen molar-refractivity contribution in [2.45, 2.75) is 32.8 Å². The van der Waals surface area contributed by atoms with Gasteiger partial charge in [0.15, 0.2) is 0 Å². The molecule has 2 aromatic rings. The number of amides is 1. The Bertz CT molecular complexity index is 662. The van der Waals surface area contributed by atoms with E-state index in [4.69, 9.17) is 4.74 Å². The largest absolute Gasteiger partial charge is 0.378 e. The van der Waals surface area contributed by atoms with Gasteiger partial charge in [-0.1, -0.05) is 0 Å². The zero-order valence-electron chi connectivity index (χ0n) is 13.6. The average molecular weight is 330 g/mol. The molecule has 122 valence electrons. The summed E-state index contributed by atoms with van der Waals surface area (Å²) in [6.45, 7) is 6.19. The van der Waals surface area contributed by atoms with Crippen LogP contribution in [0.1, 0.15) is 35.8 Å². The molecule has 5 heteroatoms. The quantitative estimate of drug-likeness (QED) is 0.857. The van der Waals surface area contributed by atoms with E-state index >= 15 is 0 Å². The van der Waals surface area contributed by atoms with Gasteiger partial charge in [-0.2, -0.15) is 11.3 Å². The van der Waals surface area contributed by atoms with Crippen LogP contribution in [0.4, 0.5) is 0 Å². The van der Waals surface area contributed by atoms with E-state index in [0.29, 0.717) is 11.7 Å². The summed E-state index contributed by atoms with van der Waals surface area (Å²) < 4.78 is 5.65. The predicted octanol–water partition coefficient (Wildman–Crippen LogP) is 3.76. The standard InChI is InChI=1S/C18H22N2O2S/c1-3-22-15-6-9-20(10-7-15)18(21)16-4-5-17(19-13(16)2)14-8-11-23-12-14/h4-5,8,11-12,15H,3,6-7,9-10H2,1-2H3. The van der Waals surface area contributed by atoms with Crippen molar-refractivity contribution >= 4 is 17.2 Å². The van der Waals surface area contributed by atoms with Crippen molar-refractivity contribution in [3.8, 4) is 11.3 Å². The van der Waals surface area contributed by atoms with E-state index in [1.165, 1.54) is 0 Å². The predicted molar refractivity (Wildman–Crippen MR) is 92.8 cm³/mol. The zero-order valence-corrected chi connectivity index (χ0v) is 14.4. The molecule has 0 N–H and O–H groups in total. The fourth-order valence-electron chi connectivity index (χ4n) is 2.99. The number of likely N-dealkylation sites (tertiary alicyclic amines) is 1. The molecule has 0 bridgehead atoms. The number of aryl methyl sites for hydroxylation is 1. The van der Waals surface area contributed by atoms with Crippen molar-refractivity contribution in [2.75, 3.05) is 19.7 Å². The Morgan fingerprint density at radius 3 is 2.74 bits per heavy atom. The second-order valence-corrected chi connectivity index (χ2v) is 6.57. The molecule has 1 fully saturated rings. The summed E-state index contributed by atoms with van der Waals surface area (Å²) in [6, 6.07) is 5.90. The Kier molecular flexibility index (Phi) is 5.08. The van der Waals surface area contributed by atoms with Gasteiger partial charge in [-0.05, 0) is 50.3 Å². The first-order valence-electron chi connectivity index (χ1n) is 8.10. The Morgan fingerprint density at radius 1 is 1.35 bits per heavy atom. The second-order valence-electron chi connectivity index (χ2n) is 5.79. The summed E-state index contributed by atoms with van der Waals surface area (Å²) in [5.74, 6) is 0.0850. The zero-order chi connectivity index (χ0) is 16.2. The van der Waals surface area contributed by atoms with Crippen LogP contribution in [0.5, 0.6) is 0 Å². The highest BCUT2D eigenvalue weighted by molar-refractivity contribution is 7.08. The van der Waals surface area contributed by atoms with Gasteiger partial charge in [0.05, 0.1) is 23.1 Å². The van der Waals surface area contributed by atoms with Crippen LogP contribution in [0.15, 0.2) is 29.0 Å². The third-order valence-electron chi connectivity index (χ3n) is 4.26. The lowest BCUT2D eigenvalue weighted by molar-refractivity contribution is 0.0145. The van der Waals surface area contributed by atoms with Crippen molar-refractivity contribution in [1.82, 2.24) is 9.88 Å². The van der Waals surface area contributed by atoms with Gasteiger partial charge >= 0.3 is 0 Å². The Hall–Kier alpha value is -1.72. The number of pyridine rings is 1. The third kappa shape index (κ3) is 3.62. The second kappa shape index (κ2) is 7.23. The molecule has 0 spiro atoms. The first kappa shape index (κ1) is 16.1. The number of hydrogen-bond acceptors (Lipinski definition) is 4. The number of hydrogen-bond donors (Lipinski definition) is 0. The average Bonchev–Trinajstić information content (AvgIpc) is 3.10. The lowest BCUT2D eigenvalue weighted by Gasteiger charge is -2.32. The summed E-state index contributed by atoms with van der Waals surface area (Å²) in [5.41, 5.74) is 3.54. The van der Waals surface area contributed by atoms with Gasteiger partial charge in [-0.25, -0.2) is 0 Å². The van der Waals surface area contributed by atoms with Crippen LogP contribution in [0.3, 0.4) is 0 Å². The molecule has 0 atom stereocenters. The number of carbonyl (C=O) groups is 1. The van der Waals surface area contributed by atoms with Crippen molar-refractivity contribution in [3.63, 3.8) is 0 Å². The highest BCUT2D eigenvalue weighted by atomic mass is 32.1. The molecule has 1 amide bonds. The summed E-state index contributed by atoms with van der Waals surface area (Å²) in [5, 5.41) is 4.11. The van der Waals surface area contributed by atoms with Gasteiger partial charge in [0.1, 0.15) is 0 Å². The minimum absolute atomic E-state index is 0.0850. The minimum Gasteiger partial charge on any atom is -0.378 e. The van der Waals surface area contributed by atoms with E-state index < -0.39 is 0 Å². The number of carbonyl (C=O) groups excluding carboxylic acids is 1. The first-order valence-corrected chi connectivity index (χ1v) is 9.04. The highest BCUT2D eigenvalue weighted by Crippen LogP contribution is 2.23. The Labute approximate surface area is 141 Å². The fraction of sp³-hybridized carbons (Fsp3) is 0.444. The molecule has 1 aliphatic heterocycles. The van der Waals surface area contributed by atoms with Crippen LogP contribution >= 0.6 is 11.3 Å². The van der Waals surface area contributed by atoms with Crippen molar-refractivity contribution in [1.29, 1.82) is 0 Å². The SMILES string of the molecule is CCOC1CCN(C(=O)c2ccc(-c3ccsc3)nc2C)CC1. The third-order valence-corrected chi connectivity index (χ3v) is 4.95. The smallest absolute Gasteiger partial charge is 0.255 e. The molecule has 3 rings (SSSR count). The van der Waals surface area contributed by atoms with Crippen LogP contribution < -0.4 is 0 Å². The number of aromatic nitrogens is 1. The molecule has 4 nitrogen and oxygen atoms in total. The van der Waals surface area contributed by atoms with Crippen LogP contribution in [0.25, 0.3) is 11.3 Å².